The van der Waals surface area contributed by atoms with Crippen molar-refractivity contribution in [3.8, 4) is 0 Å². The number of ether oxygens (including phenoxy) is 4. The van der Waals surface area contributed by atoms with Crippen LogP contribution in [0.25, 0.3) is 0 Å². The monoisotopic (exact) mass is 376 g/mol. The maximum absolute atomic E-state index is 11.7. The Kier molecular flexibility index (Phi) is 4.10. The molecule has 4 rings (SSSR count). The van der Waals surface area contributed by atoms with Gasteiger partial charge in [0.2, 0.25) is 0 Å². The first-order valence-corrected chi connectivity index (χ1v) is 9.12. The van der Waals surface area contributed by atoms with E-state index in [9.17, 15) is 3.83 Å². The molecule has 1 aromatic rings. The molecule has 0 saturated carbocycles. The van der Waals surface area contributed by atoms with E-state index in [0.29, 0.717) is 6.61 Å². The van der Waals surface area contributed by atoms with Gasteiger partial charge in [-0.3, -0.25) is 0 Å². The summed E-state index contributed by atoms with van der Waals surface area (Å²) in [5, 5.41) is 0. The standard InChI is InChI=1S/C14H16O7Se/c1-16-14-12-11(20-22(15)21-12)10-9(18-14)7-17-13(19-10)8-5-3-2-4-6-8/h2-6,9-14H,7H2,1H3/t9-,10-,11+,12+,13-,14+,22?/m1/s1. The molecule has 3 fully saturated rings. The summed E-state index contributed by atoms with van der Waals surface area (Å²) < 4.78 is 45.2. The van der Waals surface area contributed by atoms with E-state index in [1.54, 1.807) is 0 Å². The van der Waals surface area contributed by atoms with Gasteiger partial charge in [0.25, 0.3) is 0 Å². The second kappa shape index (κ2) is 6.07. The molecule has 3 saturated heterocycles. The van der Waals surface area contributed by atoms with Gasteiger partial charge in [-0.25, -0.2) is 0 Å². The molecule has 1 aromatic carbocycles. The Morgan fingerprint density at radius 1 is 1.09 bits per heavy atom. The van der Waals surface area contributed by atoms with E-state index in [4.69, 9.17) is 26.6 Å². The summed E-state index contributed by atoms with van der Waals surface area (Å²) in [5.41, 5.74) is 0.917. The van der Waals surface area contributed by atoms with Crippen molar-refractivity contribution >= 4 is 14.5 Å². The quantitative estimate of drug-likeness (QED) is 0.704. The van der Waals surface area contributed by atoms with Crippen LogP contribution in [0.3, 0.4) is 0 Å². The van der Waals surface area contributed by atoms with Crippen molar-refractivity contribution in [2.45, 2.75) is 37.0 Å². The molecule has 7 nitrogen and oxygen atoms in total. The van der Waals surface area contributed by atoms with Crippen LogP contribution in [0.2, 0.25) is 0 Å². The zero-order chi connectivity index (χ0) is 15.1. The van der Waals surface area contributed by atoms with Gasteiger partial charge in [0.15, 0.2) is 0 Å². The van der Waals surface area contributed by atoms with Crippen LogP contribution in [0.15, 0.2) is 30.3 Å². The van der Waals surface area contributed by atoms with E-state index < -0.39 is 45.4 Å². The molecule has 3 aliphatic rings. The van der Waals surface area contributed by atoms with Crippen LogP contribution in [0.5, 0.6) is 0 Å². The summed E-state index contributed by atoms with van der Waals surface area (Å²) in [5.74, 6) is 0. The third kappa shape index (κ3) is 2.55. The molecule has 0 radical (unpaired) electrons. The van der Waals surface area contributed by atoms with Crippen molar-refractivity contribution in [3.05, 3.63) is 35.9 Å². The van der Waals surface area contributed by atoms with Crippen molar-refractivity contribution in [1.29, 1.82) is 0 Å². The molecule has 1 unspecified atom stereocenters. The minimum absolute atomic E-state index is 0.341. The summed E-state index contributed by atoms with van der Waals surface area (Å²) >= 11 is -2.77. The van der Waals surface area contributed by atoms with Gasteiger partial charge in [-0.15, -0.1) is 0 Å². The normalized spacial score (nSPS) is 44.3. The van der Waals surface area contributed by atoms with Gasteiger partial charge >= 0.3 is 132 Å². The van der Waals surface area contributed by atoms with Crippen molar-refractivity contribution in [2.24, 2.45) is 0 Å². The van der Waals surface area contributed by atoms with Gasteiger partial charge in [0, 0.05) is 0 Å². The van der Waals surface area contributed by atoms with E-state index in [0.717, 1.165) is 5.56 Å². The molecular weight excluding hydrogens is 359 g/mol. The molecule has 0 aliphatic carbocycles. The molecule has 0 bridgehead atoms. The molecule has 3 aliphatic heterocycles. The summed E-state index contributed by atoms with van der Waals surface area (Å²) in [6.07, 6.45) is -2.89. The van der Waals surface area contributed by atoms with Crippen LogP contribution in [0.4, 0.5) is 0 Å². The number of hydrogen-bond donors (Lipinski definition) is 0. The second-order valence-corrected chi connectivity index (χ2v) is 6.95. The Labute approximate surface area is 132 Å². The SMILES string of the molecule is CO[C@H]1O[C@@H]2CO[C@@H](c3ccccc3)O[C@H]2[C@@H]2O[Se](=O)O[C@H]12. The number of hydrogen-bond acceptors (Lipinski definition) is 7. The van der Waals surface area contributed by atoms with Crippen molar-refractivity contribution in [1.82, 2.24) is 0 Å². The molecule has 3 heterocycles. The third-order valence-electron chi connectivity index (χ3n) is 3.97. The summed E-state index contributed by atoms with van der Waals surface area (Å²) in [6.45, 7) is 0.347. The fourth-order valence-electron chi connectivity index (χ4n) is 2.93. The van der Waals surface area contributed by atoms with Gasteiger partial charge in [-0.05, 0) is 0 Å². The molecule has 0 spiro atoms. The molecular formula is C14H16O7Se. The Morgan fingerprint density at radius 3 is 2.64 bits per heavy atom. The summed E-state index contributed by atoms with van der Waals surface area (Å²) in [7, 11) is 1.51. The molecule has 0 amide bonds. The zero-order valence-electron chi connectivity index (χ0n) is 11.8. The van der Waals surface area contributed by atoms with E-state index in [2.05, 4.69) is 0 Å². The van der Waals surface area contributed by atoms with Gasteiger partial charge in [-0.1, -0.05) is 0 Å². The molecule has 7 atom stereocenters. The van der Waals surface area contributed by atoms with E-state index in [-0.39, 0.29) is 6.10 Å². The number of fused-ring (bicyclic) bond motifs is 3. The van der Waals surface area contributed by atoms with Crippen LogP contribution in [-0.4, -0.2) is 58.9 Å². The van der Waals surface area contributed by atoms with Gasteiger partial charge in [-0.2, -0.15) is 0 Å². The average Bonchev–Trinajstić information content (AvgIpc) is 2.96. The Hall–Kier alpha value is -0.701. The number of rotatable bonds is 2. The van der Waals surface area contributed by atoms with Crippen LogP contribution >= 0.6 is 0 Å². The fourth-order valence-corrected chi connectivity index (χ4v) is 4.67. The minimum atomic E-state index is -2.77. The molecule has 0 aromatic heterocycles. The van der Waals surface area contributed by atoms with Crippen LogP contribution in [-0.2, 0) is 30.4 Å². The maximum atomic E-state index is 11.7. The third-order valence-corrected chi connectivity index (χ3v) is 5.56. The topological polar surface area (TPSA) is 72.5 Å². The Morgan fingerprint density at radius 2 is 1.86 bits per heavy atom. The Balaban J connectivity index is 1.56. The van der Waals surface area contributed by atoms with Crippen molar-refractivity contribution < 1.29 is 30.4 Å². The zero-order valence-corrected chi connectivity index (χ0v) is 13.5. The second-order valence-electron chi connectivity index (χ2n) is 5.28. The predicted octanol–water partition coefficient (Wildman–Crippen LogP) is 0.671. The van der Waals surface area contributed by atoms with Crippen molar-refractivity contribution in [3.63, 3.8) is 0 Å². The number of methoxy groups -OCH3 is 1. The predicted molar refractivity (Wildman–Crippen MR) is 71.9 cm³/mol. The first-order valence-electron chi connectivity index (χ1n) is 7.02. The van der Waals surface area contributed by atoms with Gasteiger partial charge in [0.1, 0.15) is 0 Å². The molecule has 22 heavy (non-hydrogen) atoms. The number of benzene rings is 1. The first-order chi connectivity index (χ1) is 10.8. The molecule has 120 valence electrons. The van der Waals surface area contributed by atoms with Crippen molar-refractivity contribution in [2.75, 3.05) is 13.7 Å². The average molecular weight is 375 g/mol. The molecule has 8 heteroatoms. The summed E-state index contributed by atoms with van der Waals surface area (Å²) in [6, 6.07) is 9.63. The van der Waals surface area contributed by atoms with E-state index in [1.165, 1.54) is 7.11 Å². The van der Waals surface area contributed by atoms with E-state index >= 15 is 0 Å². The fraction of sp³-hybridized carbons (Fsp3) is 0.571. The molecule has 0 N–H and O–H groups in total. The van der Waals surface area contributed by atoms with Crippen LogP contribution in [0, 0.1) is 0 Å². The van der Waals surface area contributed by atoms with Crippen LogP contribution in [0.1, 0.15) is 11.9 Å². The Bertz CT molecular complexity index is 553. The van der Waals surface area contributed by atoms with Crippen LogP contribution < -0.4 is 0 Å². The first kappa shape index (κ1) is 14.9. The van der Waals surface area contributed by atoms with E-state index in [1.807, 2.05) is 30.3 Å². The van der Waals surface area contributed by atoms with Gasteiger partial charge in [0.05, 0.1) is 0 Å². The summed E-state index contributed by atoms with van der Waals surface area (Å²) in [4.78, 5) is 0. The van der Waals surface area contributed by atoms with Gasteiger partial charge < -0.3 is 0 Å².